The second-order valence-corrected chi connectivity index (χ2v) is 6.83. The Morgan fingerprint density at radius 2 is 1.92 bits per heavy atom. The first kappa shape index (κ1) is 17.4. The lowest BCUT2D eigenvalue weighted by atomic mass is 10.2. The molecule has 6 nitrogen and oxygen atoms in total. The molecule has 128 valence electrons. The van der Waals surface area contributed by atoms with E-state index in [1.54, 1.807) is 6.92 Å². The van der Waals surface area contributed by atoms with E-state index < -0.39 is 11.8 Å². The lowest BCUT2D eigenvalue weighted by molar-refractivity contribution is 0.0934. The van der Waals surface area contributed by atoms with Crippen LogP contribution in [0.4, 0.5) is 0 Å². The Balaban J connectivity index is 1.62. The molecule has 3 aromatic rings. The predicted octanol–water partition coefficient (Wildman–Crippen LogP) is 3.41. The summed E-state index contributed by atoms with van der Waals surface area (Å²) < 4.78 is 5.96. The number of hydrogen-bond acceptors (Lipinski definition) is 5. The standard InChI is InChI=1S/C16H12ClN3O3S2/c1-8-9(6-7-23-8)14(21)19-20-16(24)18-15(22)13-12(17)10-4-2-3-5-11(10)25-13/h2-7H,1H3,(H,19,21)(H2,18,20,22,24). The molecule has 2 aromatic heterocycles. The molecule has 3 N–H and O–H groups in total. The number of hydrazine groups is 1. The number of furan rings is 1. The normalized spacial score (nSPS) is 10.5. The minimum absolute atomic E-state index is 0.0481. The van der Waals surface area contributed by atoms with E-state index in [0.717, 1.165) is 10.1 Å². The number of benzene rings is 1. The van der Waals surface area contributed by atoms with Gasteiger partial charge in [0.2, 0.25) is 0 Å². The molecule has 0 bridgehead atoms. The van der Waals surface area contributed by atoms with Crippen molar-refractivity contribution in [2.45, 2.75) is 6.92 Å². The second-order valence-electron chi connectivity index (χ2n) is 4.99. The van der Waals surface area contributed by atoms with Gasteiger partial charge < -0.3 is 4.42 Å². The summed E-state index contributed by atoms with van der Waals surface area (Å²) >= 11 is 12.5. The summed E-state index contributed by atoms with van der Waals surface area (Å²) in [6.07, 6.45) is 1.41. The summed E-state index contributed by atoms with van der Waals surface area (Å²) in [5, 5.41) is 3.62. The Labute approximate surface area is 157 Å². The van der Waals surface area contributed by atoms with Crippen LogP contribution >= 0.6 is 35.2 Å². The summed E-state index contributed by atoms with van der Waals surface area (Å²) in [6.45, 7) is 1.67. The monoisotopic (exact) mass is 393 g/mol. The third kappa shape index (κ3) is 3.65. The molecule has 2 amide bonds. The summed E-state index contributed by atoms with van der Waals surface area (Å²) in [6, 6.07) is 8.98. The van der Waals surface area contributed by atoms with E-state index in [-0.39, 0.29) is 5.11 Å². The number of fused-ring (bicyclic) bond motifs is 1. The Morgan fingerprint density at radius 3 is 2.60 bits per heavy atom. The van der Waals surface area contributed by atoms with Crippen molar-refractivity contribution in [1.29, 1.82) is 0 Å². The number of carbonyl (C=O) groups excluding carboxylic acids is 2. The lowest BCUT2D eigenvalue weighted by Gasteiger charge is -2.10. The van der Waals surface area contributed by atoms with Crippen LogP contribution in [0.15, 0.2) is 41.0 Å². The van der Waals surface area contributed by atoms with Crippen LogP contribution in [-0.2, 0) is 0 Å². The van der Waals surface area contributed by atoms with Crippen molar-refractivity contribution in [1.82, 2.24) is 16.2 Å². The zero-order chi connectivity index (χ0) is 18.0. The van der Waals surface area contributed by atoms with Crippen molar-refractivity contribution in [2.24, 2.45) is 0 Å². The Kier molecular flexibility index (Phi) is 5.03. The summed E-state index contributed by atoms with van der Waals surface area (Å²) in [4.78, 5) is 24.6. The zero-order valence-electron chi connectivity index (χ0n) is 12.9. The number of halogens is 1. The van der Waals surface area contributed by atoms with Gasteiger partial charge in [-0.15, -0.1) is 11.3 Å². The van der Waals surface area contributed by atoms with Crippen molar-refractivity contribution < 1.29 is 14.0 Å². The first-order valence-electron chi connectivity index (χ1n) is 7.10. The lowest BCUT2D eigenvalue weighted by Crippen LogP contribution is -2.48. The predicted molar refractivity (Wildman–Crippen MR) is 101 cm³/mol. The molecule has 0 aliphatic carbocycles. The molecule has 0 spiro atoms. The Hall–Kier alpha value is -2.42. The number of amides is 2. The third-order valence-corrected chi connectivity index (χ3v) is 5.24. The molecule has 0 atom stereocenters. The topological polar surface area (TPSA) is 83.4 Å². The summed E-state index contributed by atoms with van der Waals surface area (Å²) in [7, 11) is 0. The average Bonchev–Trinajstić information content (AvgIpc) is 3.17. The Morgan fingerprint density at radius 1 is 1.16 bits per heavy atom. The van der Waals surface area contributed by atoms with Crippen molar-refractivity contribution in [3.8, 4) is 0 Å². The molecular weight excluding hydrogens is 382 g/mol. The van der Waals surface area contributed by atoms with Gasteiger partial charge >= 0.3 is 0 Å². The molecule has 25 heavy (non-hydrogen) atoms. The van der Waals surface area contributed by atoms with E-state index in [0.29, 0.717) is 21.2 Å². The number of rotatable bonds is 2. The van der Waals surface area contributed by atoms with Crippen LogP contribution in [0.25, 0.3) is 10.1 Å². The zero-order valence-corrected chi connectivity index (χ0v) is 15.3. The summed E-state index contributed by atoms with van der Waals surface area (Å²) in [5.74, 6) is -0.397. The molecule has 2 heterocycles. The van der Waals surface area contributed by atoms with Crippen molar-refractivity contribution >= 4 is 62.2 Å². The highest BCUT2D eigenvalue weighted by Gasteiger charge is 2.18. The van der Waals surface area contributed by atoms with Crippen LogP contribution in [-0.4, -0.2) is 16.9 Å². The van der Waals surface area contributed by atoms with Crippen molar-refractivity contribution in [3.63, 3.8) is 0 Å². The van der Waals surface area contributed by atoms with E-state index in [2.05, 4.69) is 16.2 Å². The SMILES string of the molecule is Cc1occc1C(=O)NNC(=S)NC(=O)c1sc2ccccc2c1Cl. The molecule has 1 aromatic carbocycles. The molecule has 0 saturated carbocycles. The fourth-order valence-corrected chi connectivity index (χ4v) is 3.71. The quantitative estimate of drug-likeness (QED) is 0.459. The number of nitrogens with one attached hydrogen (secondary N) is 3. The number of carbonyl (C=O) groups is 2. The molecule has 0 saturated heterocycles. The molecule has 9 heteroatoms. The fourth-order valence-electron chi connectivity index (χ4n) is 2.15. The number of thiophene rings is 1. The maximum atomic E-state index is 12.3. The summed E-state index contributed by atoms with van der Waals surface area (Å²) in [5.41, 5.74) is 5.23. The largest absolute Gasteiger partial charge is 0.469 e. The molecule has 0 aliphatic heterocycles. The first-order chi connectivity index (χ1) is 12.0. The molecule has 0 fully saturated rings. The van der Waals surface area contributed by atoms with Gasteiger partial charge in [0.25, 0.3) is 11.8 Å². The number of thiocarbonyl (C=S) groups is 1. The smallest absolute Gasteiger partial charge is 0.273 e. The molecule has 3 rings (SSSR count). The van der Waals surface area contributed by atoms with E-state index in [1.165, 1.54) is 23.7 Å². The van der Waals surface area contributed by atoms with Gasteiger partial charge in [0, 0.05) is 10.1 Å². The molecule has 0 radical (unpaired) electrons. The van der Waals surface area contributed by atoms with Gasteiger partial charge in [-0.25, -0.2) is 0 Å². The molecular formula is C16H12ClN3O3S2. The highest BCUT2D eigenvalue weighted by molar-refractivity contribution is 7.80. The molecule has 0 aliphatic rings. The highest BCUT2D eigenvalue weighted by atomic mass is 35.5. The number of hydrogen-bond donors (Lipinski definition) is 3. The van der Waals surface area contributed by atoms with Crippen LogP contribution in [0.1, 0.15) is 25.8 Å². The maximum Gasteiger partial charge on any atom is 0.273 e. The minimum atomic E-state index is -0.447. The van der Waals surface area contributed by atoms with E-state index >= 15 is 0 Å². The van der Waals surface area contributed by atoms with Gasteiger partial charge in [-0.1, -0.05) is 29.8 Å². The van der Waals surface area contributed by atoms with Crippen LogP contribution in [0.2, 0.25) is 5.02 Å². The van der Waals surface area contributed by atoms with Gasteiger partial charge in [0.15, 0.2) is 5.11 Å². The first-order valence-corrected chi connectivity index (χ1v) is 8.70. The van der Waals surface area contributed by atoms with Crippen molar-refractivity contribution in [2.75, 3.05) is 0 Å². The van der Waals surface area contributed by atoms with Gasteiger partial charge in [0.1, 0.15) is 10.6 Å². The number of aryl methyl sites for hydroxylation is 1. The van der Waals surface area contributed by atoms with E-state index in [4.69, 9.17) is 28.2 Å². The fraction of sp³-hybridized carbons (Fsp3) is 0.0625. The van der Waals surface area contributed by atoms with Gasteiger partial charge in [-0.2, -0.15) is 0 Å². The maximum absolute atomic E-state index is 12.3. The average molecular weight is 394 g/mol. The van der Waals surface area contributed by atoms with Gasteiger partial charge in [0.05, 0.1) is 16.8 Å². The highest BCUT2D eigenvalue weighted by Crippen LogP contribution is 2.34. The third-order valence-electron chi connectivity index (χ3n) is 3.36. The van der Waals surface area contributed by atoms with Crippen molar-refractivity contribution in [3.05, 3.63) is 57.8 Å². The van der Waals surface area contributed by atoms with Gasteiger partial charge in [-0.05, 0) is 31.3 Å². The van der Waals surface area contributed by atoms with Gasteiger partial charge in [-0.3, -0.25) is 25.8 Å². The van der Waals surface area contributed by atoms with Crippen LogP contribution in [0.5, 0.6) is 0 Å². The van der Waals surface area contributed by atoms with Crippen LogP contribution in [0.3, 0.4) is 0 Å². The van der Waals surface area contributed by atoms with Crippen LogP contribution < -0.4 is 16.2 Å². The van der Waals surface area contributed by atoms with E-state index in [9.17, 15) is 9.59 Å². The van der Waals surface area contributed by atoms with Crippen LogP contribution in [0, 0.1) is 6.92 Å². The second kappa shape index (κ2) is 7.22. The van der Waals surface area contributed by atoms with E-state index in [1.807, 2.05) is 24.3 Å². The molecule has 0 unspecified atom stereocenters. The Bertz CT molecular complexity index is 980. The minimum Gasteiger partial charge on any atom is -0.469 e.